The Morgan fingerprint density at radius 1 is 1.41 bits per heavy atom. The minimum Gasteiger partial charge on any atom is -0.464 e. The van der Waals surface area contributed by atoms with Crippen molar-refractivity contribution < 1.29 is 14.3 Å². The van der Waals surface area contributed by atoms with Gasteiger partial charge >= 0.3 is 5.97 Å². The van der Waals surface area contributed by atoms with Gasteiger partial charge in [0.15, 0.2) is 0 Å². The van der Waals surface area contributed by atoms with E-state index in [1.807, 2.05) is 0 Å². The maximum atomic E-state index is 11.0. The Hall–Kier alpha value is -1.09. The minimum atomic E-state index is -0.276. The lowest BCUT2D eigenvalue weighted by atomic mass is 9.96. The first kappa shape index (κ1) is 14.0. The van der Waals surface area contributed by atoms with Crippen LogP contribution in [0.3, 0.4) is 0 Å². The smallest absolute Gasteiger partial charge is 0.332 e. The van der Waals surface area contributed by atoms with E-state index < -0.39 is 0 Å². The fourth-order valence-corrected chi connectivity index (χ4v) is 1.99. The van der Waals surface area contributed by atoms with Gasteiger partial charge in [0.25, 0.3) is 0 Å². The Labute approximate surface area is 103 Å². The Bertz CT molecular complexity index is 292. The molecule has 0 amide bonds. The van der Waals surface area contributed by atoms with E-state index in [1.165, 1.54) is 5.57 Å². The third-order valence-electron chi connectivity index (χ3n) is 2.87. The number of carbonyl (C=O) groups is 1. The van der Waals surface area contributed by atoms with Crippen LogP contribution < -0.4 is 0 Å². The molecule has 0 aromatic heterocycles. The molecule has 0 radical (unpaired) electrons. The zero-order chi connectivity index (χ0) is 12.5. The Morgan fingerprint density at radius 2 is 2.24 bits per heavy atom. The summed E-state index contributed by atoms with van der Waals surface area (Å²) in [6.45, 7) is 5.09. The monoisotopic (exact) mass is 238 g/mol. The summed E-state index contributed by atoms with van der Waals surface area (Å²) < 4.78 is 10.0. The molecule has 0 fully saturated rings. The molecule has 0 heterocycles. The van der Waals surface area contributed by atoms with Gasteiger partial charge in [0.05, 0.1) is 6.61 Å². The summed E-state index contributed by atoms with van der Waals surface area (Å²) in [5.74, 6) is 0.300. The molecule has 0 saturated carbocycles. The molecule has 1 aliphatic rings. The Kier molecular flexibility index (Phi) is 6.63. The number of hydrogen-bond donors (Lipinski definition) is 0. The third kappa shape index (κ3) is 5.18. The van der Waals surface area contributed by atoms with Crippen molar-refractivity contribution in [1.82, 2.24) is 0 Å². The molecule has 3 nitrogen and oxygen atoms in total. The minimum absolute atomic E-state index is 0.0742. The fourth-order valence-electron chi connectivity index (χ4n) is 1.99. The van der Waals surface area contributed by atoms with Crippen molar-refractivity contribution in [1.29, 1.82) is 0 Å². The van der Waals surface area contributed by atoms with Gasteiger partial charge in [0.2, 0.25) is 0 Å². The summed E-state index contributed by atoms with van der Waals surface area (Å²) in [5, 5.41) is 0. The molecular weight excluding hydrogens is 216 g/mol. The van der Waals surface area contributed by atoms with Crippen molar-refractivity contribution in [3.8, 4) is 0 Å². The highest BCUT2D eigenvalue weighted by Crippen LogP contribution is 2.26. The van der Waals surface area contributed by atoms with Crippen LogP contribution in [0.15, 0.2) is 23.8 Å². The molecular formula is C14H22O3. The van der Waals surface area contributed by atoms with Crippen molar-refractivity contribution in [2.24, 2.45) is 5.92 Å². The lowest BCUT2D eigenvalue weighted by Gasteiger charge is -2.12. The quantitative estimate of drug-likeness (QED) is 0.482. The van der Waals surface area contributed by atoms with Crippen LogP contribution in [0.25, 0.3) is 0 Å². The summed E-state index contributed by atoms with van der Waals surface area (Å²) in [5.41, 5.74) is 1.50. The summed E-state index contributed by atoms with van der Waals surface area (Å²) >= 11 is 0. The van der Waals surface area contributed by atoms with Crippen molar-refractivity contribution in [3.63, 3.8) is 0 Å². The molecule has 1 atom stereocenters. The first-order chi connectivity index (χ1) is 8.27. The molecule has 17 heavy (non-hydrogen) atoms. The van der Waals surface area contributed by atoms with Gasteiger partial charge in [-0.25, -0.2) is 4.79 Å². The molecule has 3 heteroatoms. The van der Waals surface area contributed by atoms with Crippen LogP contribution >= 0.6 is 0 Å². The van der Waals surface area contributed by atoms with E-state index in [1.54, 1.807) is 6.92 Å². The molecule has 96 valence electrons. The maximum Gasteiger partial charge on any atom is 0.332 e. The van der Waals surface area contributed by atoms with Crippen LogP contribution in [0.4, 0.5) is 0 Å². The van der Waals surface area contributed by atoms with Gasteiger partial charge < -0.3 is 9.47 Å². The molecule has 0 spiro atoms. The number of allylic oxidation sites excluding steroid dienone is 4. The zero-order valence-electron chi connectivity index (χ0n) is 10.8. The van der Waals surface area contributed by atoms with Gasteiger partial charge in [-0.15, -0.1) is 0 Å². The van der Waals surface area contributed by atoms with Crippen LogP contribution in [-0.4, -0.2) is 25.8 Å². The predicted octanol–water partition coefficient (Wildman–Crippen LogP) is 2.87. The van der Waals surface area contributed by atoms with Gasteiger partial charge in [-0.3, -0.25) is 0 Å². The second-order valence-electron chi connectivity index (χ2n) is 4.09. The number of carbonyl (C=O) groups excluding carboxylic acids is 1. The van der Waals surface area contributed by atoms with Gasteiger partial charge in [-0.2, -0.15) is 0 Å². The maximum absolute atomic E-state index is 11.0. The van der Waals surface area contributed by atoms with Crippen molar-refractivity contribution in [2.45, 2.75) is 33.1 Å². The van der Waals surface area contributed by atoms with Crippen LogP contribution in [0.5, 0.6) is 0 Å². The molecule has 1 aliphatic carbocycles. The number of rotatable bonds is 8. The lowest BCUT2D eigenvalue weighted by Crippen LogP contribution is -2.13. The fraction of sp³-hybridized carbons (Fsp3) is 0.643. The first-order valence-corrected chi connectivity index (χ1v) is 6.38. The van der Waals surface area contributed by atoms with E-state index in [0.29, 0.717) is 19.1 Å². The second kappa shape index (κ2) is 8.07. The molecule has 1 rings (SSSR count). The molecule has 0 saturated heterocycles. The van der Waals surface area contributed by atoms with Crippen LogP contribution in [0, 0.1) is 5.92 Å². The predicted molar refractivity (Wildman–Crippen MR) is 67.7 cm³/mol. The summed E-state index contributed by atoms with van der Waals surface area (Å²) in [4.78, 5) is 11.0. The third-order valence-corrected chi connectivity index (χ3v) is 2.87. The SMILES string of the molecule is CCOC(=O)COCCC[C@H]1C=CC=C1CC. The zero-order valence-corrected chi connectivity index (χ0v) is 10.8. The Morgan fingerprint density at radius 3 is 2.94 bits per heavy atom. The van der Waals surface area contributed by atoms with Crippen LogP contribution in [0.1, 0.15) is 33.1 Å². The normalized spacial score (nSPS) is 18.2. The van der Waals surface area contributed by atoms with Crippen molar-refractivity contribution >= 4 is 5.97 Å². The van der Waals surface area contributed by atoms with Gasteiger partial charge in [0, 0.05) is 6.61 Å². The number of hydrogen-bond acceptors (Lipinski definition) is 3. The number of ether oxygens (including phenoxy) is 2. The first-order valence-electron chi connectivity index (χ1n) is 6.38. The molecule has 0 bridgehead atoms. The largest absolute Gasteiger partial charge is 0.464 e. The average Bonchev–Trinajstić information content (AvgIpc) is 2.76. The summed E-state index contributed by atoms with van der Waals surface area (Å²) in [6.07, 6.45) is 9.75. The molecule has 0 N–H and O–H groups in total. The highest BCUT2D eigenvalue weighted by Gasteiger charge is 2.12. The topological polar surface area (TPSA) is 35.5 Å². The molecule has 0 aromatic rings. The highest BCUT2D eigenvalue weighted by atomic mass is 16.6. The second-order valence-corrected chi connectivity index (χ2v) is 4.09. The van der Waals surface area contributed by atoms with Crippen LogP contribution in [-0.2, 0) is 14.3 Å². The van der Waals surface area contributed by atoms with E-state index >= 15 is 0 Å². The van der Waals surface area contributed by atoms with Crippen molar-refractivity contribution in [2.75, 3.05) is 19.8 Å². The average molecular weight is 238 g/mol. The summed E-state index contributed by atoms with van der Waals surface area (Å²) in [7, 11) is 0. The van der Waals surface area contributed by atoms with E-state index in [-0.39, 0.29) is 12.6 Å². The van der Waals surface area contributed by atoms with E-state index in [9.17, 15) is 4.79 Å². The van der Waals surface area contributed by atoms with E-state index in [0.717, 1.165) is 19.3 Å². The van der Waals surface area contributed by atoms with Gasteiger partial charge in [-0.1, -0.05) is 30.7 Å². The van der Waals surface area contributed by atoms with E-state index in [4.69, 9.17) is 9.47 Å². The number of esters is 1. The lowest BCUT2D eigenvalue weighted by molar-refractivity contribution is -0.148. The van der Waals surface area contributed by atoms with E-state index in [2.05, 4.69) is 25.2 Å². The molecule has 0 unspecified atom stereocenters. The highest BCUT2D eigenvalue weighted by molar-refractivity contribution is 5.70. The molecule has 0 aromatic carbocycles. The van der Waals surface area contributed by atoms with Gasteiger partial charge in [-0.05, 0) is 32.1 Å². The van der Waals surface area contributed by atoms with Crippen molar-refractivity contribution in [3.05, 3.63) is 23.8 Å². The molecule has 0 aliphatic heterocycles. The Balaban J connectivity index is 2.03. The summed E-state index contributed by atoms with van der Waals surface area (Å²) in [6, 6.07) is 0. The van der Waals surface area contributed by atoms with Crippen LogP contribution in [0.2, 0.25) is 0 Å². The van der Waals surface area contributed by atoms with Gasteiger partial charge in [0.1, 0.15) is 6.61 Å². The standard InChI is InChI=1S/C14H22O3/c1-3-12-7-5-8-13(12)9-6-10-16-11-14(15)17-4-2/h5,7-8,13H,3-4,6,9-11H2,1-2H3/t13-/m1/s1.